The minimum Gasteiger partial charge on any atom is -0.399 e. The molecule has 0 aliphatic heterocycles. The monoisotopic (exact) mass is 328 g/mol. The van der Waals surface area contributed by atoms with E-state index < -0.39 is 20.7 Å². The van der Waals surface area contributed by atoms with Gasteiger partial charge in [0.2, 0.25) is 10.0 Å². The van der Waals surface area contributed by atoms with Gasteiger partial charge < -0.3 is 5.73 Å². The van der Waals surface area contributed by atoms with Crippen LogP contribution in [0.15, 0.2) is 34.5 Å². The van der Waals surface area contributed by atoms with Crippen molar-refractivity contribution in [3.05, 3.63) is 45.9 Å². The molecule has 114 valence electrons. The molecule has 0 amide bonds. The number of anilines is 1. The lowest BCUT2D eigenvalue weighted by atomic mass is 10.2. The first-order chi connectivity index (χ1) is 9.79. The zero-order valence-electron chi connectivity index (χ0n) is 11.8. The van der Waals surface area contributed by atoms with Crippen molar-refractivity contribution in [2.75, 3.05) is 5.73 Å². The van der Waals surface area contributed by atoms with Gasteiger partial charge >= 0.3 is 0 Å². The molecule has 0 spiro atoms. The predicted octanol–water partition coefficient (Wildman–Crippen LogP) is 2.69. The lowest BCUT2D eigenvalue weighted by molar-refractivity contribution is 0.540. The minimum absolute atomic E-state index is 0.210. The second-order valence-electron chi connectivity index (χ2n) is 4.96. The van der Waals surface area contributed by atoms with Crippen molar-refractivity contribution in [1.82, 2.24) is 4.72 Å². The predicted molar refractivity (Wildman–Crippen MR) is 83.4 cm³/mol. The highest BCUT2D eigenvalue weighted by atomic mass is 32.2. The van der Waals surface area contributed by atoms with Crippen LogP contribution in [-0.4, -0.2) is 14.5 Å². The number of halogens is 1. The van der Waals surface area contributed by atoms with Crippen LogP contribution in [0.3, 0.4) is 0 Å². The fraction of sp³-hybridized carbons (Fsp3) is 0.286. The van der Waals surface area contributed by atoms with E-state index in [4.69, 9.17) is 5.73 Å². The van der Waals surface area contributed by atoms with Gasteiger partial charge in [0.1, 0.15) is 10.7 Å². The quantitative estimate of drug-likeness (QED) is 0.829. The van der Waals surface area contributed by atoms with Gasteiger partial charge in [0.05, 0.1) is 0 Å². The van der Waals surface area contributed by atoms with Crippen LogP contribution in [0.4, 0.5) is 10.1 Å². The summed E-state index contributed by atoms with van der Waals surface area (Å²) < 4.78 is 41.1. The Morgan fingerprint density at radius 2 is 2.14 bits per heavy atom. The van der Waals surface area contributed by atoms with E-state index in [9.17, 15) is 12.8 Å². The summed E-state index contributed by atoms with van der Waals surface area (Å²) in [6, 6.07) is 6.05. The highest BCUT2D eigenvalue weighted by Crippen LogP contribution is 2.22. The molecule has 3 N–H and O–H groups in total. The normalized spacial score (nSPS) is 13.3. The molecule has 7 heteroatoms. The van der Waals surface area contributed by atoms with Gasteiger partial charge in [0.15, 0.2) is 0 Å². The summed E-state index contributed by atoms with van der Waals surface area (Å²) in [7, 11) is -3.94. The Hall–Kier alpha value is -1.44. The average molecular weight is 328 g/mol. The number of nitrogen functional groups attached to an aromatic ring is 1. The number of hydrogen-bond acceptors (Lipinski definition) is 4. The van der Waals surface area contributed by atoms with Gasteiger partial charge in [-0.05, 0) is 49.4 Å². The number of hydrogen-bond donors (Lipinski definition) is 2. The van der Waals surface area contributed by atoms with E-state index in [1.54, 1.807) is 18.3 Å². The number of nitrogens with two attached hydrogens (primary N) is 1. The highest BCUT2D eigenvalue weighted by molar-refractivity contribution is 7.89. The Labute approximate surface area is 127 Å². The Bertz CT molecular complexity index is 728. The molecule has 4 nitrogen and oxygen atoms in total. The molecule has 0 radical (unpaired) electrons. The molecule has 1 aromatic carbocycles. The summed E-state index contributed by atoms with van der Waals surface area (Å²) >= 11 is 1.55. The van der Waals surface area contributed by atoms with E-state index in [1.807, 2.05) is 17.5 Å². The van der Waals surface area contributed by atoms with Crippen molar-refractivity contribution in [3.8, 4) is 0 Å². The second kappa shape index (κ2) is 6.13. The summed E-state index contributed by atoms with van der Waals surface area (Å²) in [5.41, 5.74) is 6.04. The van der Waals surface area contributed by atoms with Crippen molar-refractivity contribution in [2.24, 2.45) is 0 Å². The first kappa shape index (κ1) is 15.9. The zero-order valence-corrected chi connectivity index (χ0v) is 13.4. The molecule has 0 saturated carbocycles. The maximum Gasteiger partial charge on any atom is 0.243 e. The van der Waals surface area contributed by atoms with Gasteiger partial charge in [0, 0.05) is 16.6 Å². The fourth-order valence-electron chi connectivity index (χ4n) is 2.06. The molecule has 21 heavy (non-hydrogen) atoms. The number of thiophene rings is 1. The highest BCUT2D eigenvalue weighted by Gasteiger charge is 2.23. The Morgan fingerprint density at radius 1 is 1.43 bits per heavy atom. The average Bonchev–Trinajstić information content (AvgIpc) is 2.85. The molecular formula is C14H17FN2O2S2. The fourth-order valence-corrected chi connectivity index (χ4v) is 4.32. The van der Waals surface area contributed by atoms with Crippen molar-refractivity contribution in [3.63, 3.8) is 0 Å². The number of benzene rings is 1. The first-order valence-corrected chi connectivity index (χ1v) is 8.76. The van der Waals surface area contributed by atoms with Crippen LogP contribution < -0.4 is 10.5 Å². The Kier molecular flexibility index (Phi) is 4.65. The Morgan fingerprint density at radius 3 is 2.76 bits per heavy atom. The third kappa shape index (κ3) is 3.81. The van der Waals surface area contributed by atoms with Crippen molar-refractivity contribution in [2.45, 2.75) is 31.2 Å². The maximum absolute atomic E-state index is 14.0. The van der Waals surface area contributed by atoms with E-state index >= 15 is 0 Å². The van der Waals surface area contributed by atoms with Crippen LogP contribution in [0, 0.1) is 12.7 Å². The third-order valence-corrected chi connectivity index (χ3v) is 5.46. The van der Waals surface area contributed by atoms with Gasteiger partial charge in [-0.15, -0.1) is 11.3 Å². The van der Waals surface area contributed by atoms with E-state index in [2.05, 4.69) is 4.72 Å². The molecule has 1 atom stereocenters. The summed E-state index contributed by atoms with van der Waals surface area (Å²) in [5.74, 6) is -0.764. The van der Waals surface area contributed by atoms with Gasteiger partial charge in [-0.3, -0.25) is 0 Å². The standard InChI is InChI=1S/C14H17FN2O2S2/c1-9-6-11(16)8-13(14(9)15)21(18,19)17-10(2)7-12-4-3-5-20-12/h3-6,8,10,17H,7,16H2,1-2H3. The molecule has 1 heterocycles. The molecule has 2 aromatic rings. The molecule has 0 saturated heterocycles. The molecule has 2 rings (SSSR count). The topological polar surface area (TPSA) is 72.2 Å². The Balaban J connectivity index is 2.22. The van der Waals surface area contributed by atoms with Crippen molar-refractivity contribution >= 4 is 27.0 Å². The lowest BCUT2D eigenvalue weighted by Gasteiger charge is -2.15. The summed E-state index contributed by atoms with van der Waals surface area (Å²) in [6.07, 6.45) is 0.555. The molecule has 1 aromatic heterocycles. The van der Waals surface area contributed by atoms with E-state index in [0.717, 1.165) is 10.9 Å². The largest absolute Gasteiger partial charge is 0.399 e. The third-order valence-electron chi connectivity index (χ3n) is 2.98. The van der Waals surface area contributed by atoms with Gasteiger partial charge in [-0.2, -0.15) is 0 Å². The van der Waals surface area contributed by atoms with Gasteiger partial charge in [0.25, 0.3) is 0 Å². The molecule has 0 aliphatic carbocycles. The SMILES string of the molecule is Cc1cc(N)cc(S(=O)(=O)NC(C)Cc2cccs2)c1F. The summed E-state index contributed by atoms with van der Waals surface area (Å²) in [5, 5.41) is 1.93. The van der Waals surface area contributed by atoms with Crippen LogP contribution in [0.25, 0.3) is 0 Å². The van der Waals surface area contributed by atoms with E-state index in [-0.39, 0.29) is 17.3 Å². The zero-order chi connectivity index (χ0) is 15.6. The second-order valence-corrected chi connectivity index (χ2v) is 7.67. The van der Waals surface area contributed by atoms with Crippen molar-refractivity contribution in [1.29, 1.82) is 0 Å². The first-order valence-electron chi connectivity index (χ1n) is 6.40. The van der Waals surface area contributed by atoms with Gasteiger partial charge in [-0.1, -0.05) is 6.07 Å². The molecule has 1 unspecified atom stereocenters. The molecule has 0 aliphatic rings. The van der Waals surface area contributed by atoms with Crippen LogP contribution in [-0.2, 0) is 16.4 Å². The van der Waals surface area contributed by atoms with Crippen molar-refractivity contribution < 1.29 is 12.8 Å². The van der Waals surface area contributed by atoms with E-state index in [1.165, 1.54) is 13.0 Å². The van der Waals surface area contributed by atoms with Crippen LogP contribution in [0.2, 0.25) is 0 Å². The van der Waals surface area contributed by atoms with Gasteiger partial charge in [-0.25, -0.2) is 17.5 Å². The minimum atomic E-state index is -3.94. The summed E-state index contributed by atoms with van der Waals surface area (Å²) in [6.45, 7) is 3.23. The molecule has 0 bridgehead atoms. The van der Waals surface area contributed by atoms with Crippen LogP contribution in [0.1, 0.15) is 17.4 Å². The lowest BCUT2D eigenvalue weighted by Crippen LogP contribution is -2.34. The number of rotatable bonds is 5. The van der Waals surface area contributed by atoms with Crippen LogP contribution >= 0.6 is 11.3 Å². The van der Waals surface area contributed by atoms with E-state index in [0.29, 0.717) is 6.42 Å². The molecular weight excluding hydrogens is 311 g/mol. The summed E-state index contributed by atoms with van der Waals surface area (Å²) in [4.78, 5) is 0.660. The molecule has 0 fully saturated rings. The number of nitrogens with one attached hydrogen (secondary N) is 1. The van der Waals surface area contributed by atoms with Crippen LogP contribution in [0.5, 0.6) is 0 Å². The maximum atomic E-state index is 14.0. The number of aryl methyl sites for hydroxylation is 1. The smallest absolute Gasteiger partial charge is 0.243 e. The number of sulfonamides is 1.